The average Bonchev–Trinajstić information content (AvgIpc) is 2.44. The second kappa shape index (κ2) is 4.27. The molecule has 1 heteroatoms. The molecule has 2 unspecified atom stereocenters. The van der Waals surface area contributed by atoms with Crippen LogP contribution in [-0.2, 0) is 0 Å². The lowest BCUT2D eigenvalue weighted by atomic mass is 9.84. The van der Waals surface area contributed by atoms with Crippen LogP contribution in [0.1, 0.15) is 58.8 Å². The molecule has 0 aromatic heterocycles. The average molecular weight is 170 g/mol. The van der Waals surface area contributed by atoms with E-state index in [1.165, 1.54) is 25.7 Å². The van der Waals surface area contributed by atoms with Gasteiger partial charge in [-0.15, -0.1) is 0 Å². The van der Waals surface area contributed by atoms with Gasteiger partial charge in [0.1, 0.15) is 0 Å². The standard InChI is InChI=1S/C11H22O/c1-3-5-8-11(12)9-6-7-10(11)4-2/h10,12H,3-9H2,1-2H3. The molecule has 0 spiro atoms. The van der Waals surface area contributed by atoms with E-state index in [1.54, 1.807) is 0 Å². The molecular formula is C11H22O. The van der Waals surface area contributed by atoms with Gasteiger partial charge in [-0.3, -0.25) is 0 Å². The van der Waals surface area contributed by atoms with Crippen LogP contribution < -0.4 is 0 Å². The molecule has 72 valence electrons. The minimum Gasteiger partial charge on any atom is -0.390 e. The van der Waals surface area contributed by atoms with Crippen molar-refractivity contribution in [2.24, 2.45) is 5.92 Å². The maximum atomic E-state index is 10.3. The van der Waals surface area contributed by atoms with E-state index in [9.17, 15) is 5.11 Å². The molecule has 1 nitrogen and oxygen atoms in total. The zero-order valence-electron chi connectivity index (χ0n) is 8.47. The van der Waals surface area contributed by atoms with Crippen LogP contribution in [0, 0.1) is 5.92 Å². The molecule has 1 aliphatic rings. The van der Waals surface area contributed by atoms with Crippen LogP contribution in [0.2, 0.25) is 0 Å². The predicted molar refractivity (Wildman–Crippen MR) is 52.1 cm³/mol. The molecule has 12 heavy (non-hydrogen) atoms. The van der Waals surface area contributed by atoms with E-state index in [2.05, 4.69) is 13.8 Å². The van der Waals surface area contributed by atoms with Crippen LogP contribution in [0.4, 0.5) is 0 Å². The molecule has 0 radical (unpaired) electrons. The lowest BCUT2D eigenvalue weighted by Crippen LogP contribution is -2.32. The second-order valence-electron chi connectivity index (χ2n) is 4.20. The molecule has 0 aliphatic heterocycles. The van der Waals surface area contributed by atoms with Gasteiger partial charge in [0.15, 0.2) is 0 Å². The van der Waals surface area contributed by atoms with Gasteiger partial charge in [-0.2, -0.15) is 0 Å². The van der Waals surface area contributed by atoms with Crippen LogP contribution in [0.3, 0.4) is 0 Å². The molecule has 1 fully saturated rings. The first-order valence-electron chi connectivity index (χ1n) is 5.45. The molecule has 2 atom stereocenters. The SMILES string of the molecule is CCCCC1(O)CCCC1CC. The Hall–Kier alpha value is -0.0400. The van der Waals surface area contributed by atoms with Gasteiger partial charge in [0.05, 0.1) is 5.60 Å². The lowest BCUT2D eigenvalue weighted by molar-refractivity contribution is -0.00867. The number of hydrogen-bond acceptors (Lipinski definition) is 1. The molecule has 0 bridgehead atoms. The molecular weight excluding hydrogens is 148 g/mol. The molecule has 0 aromatic rings. The molecule has 1 saturated carbocycles. The van der Waals surface area contributed by atoms with E-state index < -0.39 is 0 Å². The quantitative estimate of drug-likeness (QED) is 0.687. The summed E-state index contributed by atoms with van der Waals surface area (Å²) in [4.78, 5) is 0. The Morgan fingerprint density at radius 2 is 2.17 bits per heavy atom. The summed E-state index contributed by atoms with van der Waals surface area (Å²) in [6, 6.07) is 0. The van der Waals surface area contributed by atoms with Crippen molar-refractivity contribution in [1.82, 2.24) is 0 Å². The smallest absolute Gasteiger partial charge is 0.0675 e. The van der Waals surface area contributed by atoms with Crippen molar-refractivity contribution in [3.8, 4) is 0 Å². The Morgan fingerprint density at radius 1 is 1.42 bits per heavy atom. The van der Waals surface area contributed by atoms with Crippen LogP contribution in [0.5, 0.6) is 0 Å². The van der Waals surface area contributed by atoms with Crippen molar-refractivity contribution < 1.29 is 5.11 Å². The normalized spacial score (nSPS) is 35.8. The van der Waals surface area contributed by atoms with E-state index in [-0.39, 0.29) is 5.60 Å². The molecule has 0 heterocycles. The summed E-state index contributed by atoms with van der Waals surface area (Å²) >= 11 is 0. The van der Waals surface area contributed by atoms with Gasteiger partial charge >= 0.3 is 0 Å². The highest BCUT2D eigenvalue weighted by Gasteiger charge is 2.38. The summed E-state index contributed by atoms with van der Waals surface area (Å²) in [5.74, 6) is 0.587. The Labute approximate surface area is 76.2 Å². The van der Waals surface area contributed by atoms with E-state index in [0.717, 1.165) is 19.3 Å². The summed E-state index contributed by atoms with van der Waals surface area (Å²) in [5.41, 5.74) is -0.287. The fourth-order valence-corrected chi connectivity index (χ4v) is 2.52. The number of unbranched alkanes of at least 4 members (excludes halogenated alkanes) is 1. The van der Waals surface area contributed by atoms with Crippen LogP contribution >= 0.6 is 0 Å². The third-order valence-electron chi connectivity index (χ3n) is 3.38. The Bertz CT molecular complexity index is 133. The predicted octanol–water partition coefficient (Wildman–Crippen LogP) is 3.12. The van der Waals surface area contributed by atoms with Crippen molar-refractivity contribution in [2.75, 3.05) is 0 Å². The maximum Gasteiger partial charge on any atom is 0.0675 e. The van der Waals surface area contributed by atoms with Crippen molar-refractivity contribution in [1.29, 1.82) is 0 Å². The van der Waals surface area contributed by atoms with E-state index in [1.807, 2.05) is 0 Å². The summed E-state index contributed by atoms with van der Waals surface area (Å²) in [6.45, 7) is 4.40. The third-order valence-corrected chi connectivity index (χ3v) is 3.38. The summed E-state index contributed by atoms with van der Waals surface area (Å²) in [5, 5.41) is 10.3. The molecule has 1 rings (SSSR count). The van der Waals surface area contributed by atoms with Crippen LogP contribution in [0.15, 0.2) is 0 Å². The Morgan fingerprint density at radius 3 is 2.75 bits per heavy atom. The van der Waals surface area contributed by atoms with Gasteiger partial charge in [-0.1, -0.05) is 39.5 Å². The number of rotatable bonds is 4. The van der Waals surface area contributed by atoms with Crippen LogP contribution in [0.25, 0.3) is 0 Å². The molecule has 0 saturated heterocycles. The van der Waals surface area contributed by atoms with Gasteiger partial charge in [0.2, 0.25) is 0 Å². The molecule has 1 aliphatic carbocycles. The highest BCUT2D eigenvalue weighted by molar-refractivity contribution is 4.91. The highest BCUT2D eigenvalue weighted by atomic mass is 16.3. The summed E-state index contributed by atoms with van der Waals surface area (Å²) in [7, 11) is 0. The zero-order chi connectivity index (χ0) is 9.03. The summed E-state index contributed by atoms with van der Waals surface area (Å²) in [6.07, 6.45) is 8.11. The largest absolute Gasteiger partial charge is 0.390 e. The minimum absolute atomic E-state index is 0.287. The van der Waals surface area contributed by atoms with E-state index in [4.69, 9.17) is 0 Å². The molecule has 0 amide bonds. The van der Waals surface area contributed by atoms with Crippen molar-refractivity contribution in [2.45, 2.75) is 64.4 Å². The number of aliphatic hydroxyl groups is 1. The van der Waals surface area contributed by atoms with Gasteiger partial charge < -0.3 is 5.11 Å². The lowest BCUT2D eigenvalue weighted by Gasteiger charge is -2.29. The van der Waals surface area contributed by atoms with E-state index in [0.29, 0.717) is 5.92 Å². The first-order valence-corrected chi connectivity index (χ1v) is 5.45. The highest BCUT2D eigenvalue weighted by Crippen LogP contribution is 2.40. The molecule has 0 aromatic carbocycles. The first-order chi connectivity index (χ1) is 5.73. The van der Waals surface area contributed by atoms with Crippen molar-refractivity contribution in [3.05, 3.63) is 0 Å². The first kappa shape index (κ1) is 10.0. The molecule has 1 N–H and O–H groups in total. The second-order valence-corrected chi connectivity index (χ2v) is 4.20. The third kappa shape index (κ3) is 2.01. The monoisotopic (exact) mass is 170 g/mol. The van der Waals surface area contributed by atoms with Gasteiger partial charge in [0, 0.05) is 0 Å². The fourth-order valence-electron chi connectivity index (χ4n) is 2.52. The minimum atomic E-state index is -0.287. The summed E-state index contributed by atoms with van der Waals surface area (Å²) < 4.78 is 0. The van der Waals surface area contributed by atoms with Gasteiger partial charge in [-0.05, 0) is 25.2 Å². The van der Waals surface area contributed by atoms with E-state index >= 15 is 0 Å². The van der Waals surface area contributed by atoms with Gasteiger partial charge in [-0.25, -0.2) is 0 Å². The van der Waals surface area contributed by atoms with Crippen molar-refractivity contribution >= 4 is 0 Å². The topological polar surface area (TPSA) is 20.2 Å². The maximum absolute atomic E-state index is 10.3. The van der Waals surface area contributed by atoms with Crippen molar-refractivity contribution in [3.63, 3.8) is 0 Å². The van der Waals surface area contributed by atoms with Gasteiger partial charge in [0.25, 0.3) is 0 Å². The van der Waals surface area contributed by atoms with Crippen LogP contribution in [-0.4, -0.2) is 10.7 Å². The Kier molecular flexibility index (Phi) is 3.57. The zero-order valence-corrected chi connectivity index (χ0v) is 8.47. The number of hydrogen-bond donors (Lipinski definition) is 1. The Balaban J connectivity index is 2.43. The fraction of sp³-hybridized carbons (Fsp3) is 1.00.